The molecule has 1 aromatic carbocycles. The van der Waals surface area contributed by atoms with Gasteiger partial charge in [0.1, 0.15) is 16.0 Å². The van der Waals surface area contributed by atoms with Crippen LogP contribution in [0.3, 0.4) is 0 Å². The fourth-order valence-corrected chi connectivity index (χ4v) is 1.94. The largest absolute Gasteiger partial charge is 0.492 e. The van der Waals surface area contributed by atoms with Gasteiger partial charge in [-0.2, -0.15) is 0 Å². The summed E-state index contributed by atoms with van der Waals surface area (Å²) in [6.45, 7) is 0.103. The van der Waals surface area contributed by atoms with Crippen molar-refractivity contribution in [2.75, 3.05) is 21.3 Å². The van der Waals surface area contributed by atoms with E-state index < -0.39 is 4.92 Å². The molecule has 1 aromatic rings. The molecule has 0 aliphatic carbocycles. The van der Waals surface area contributed by atoms with Crippen LogP contribution >= 0.6 is 0 Å². The van der Waals surface area contributed by atoms with Gasteiger partial charge in [-0.25, -0.2) is 0 Å². The highest BCUT2D eigenvalue weighted by molar-refractivity contribution is 5.98. The Morgan fingerprint density at radius 1 is 1.22 bits per heavy atom. The van der Waals surface area contributed by atoms with Crippen LogP contribution in [0.2, 0.25) is 0 Å². The topological polar surface area (TPSA) is 80.1 Å². The van der Waals surface area contributed by atoms with Gasteiger partial charge < -0.3 is 18.6 Å². The molecule has 8 heteroatoms. The van der Waals surface area contributed by atoms with E-state index in [0.29, 0.717) is 21.8 Å². The van der Waals surface area contributed by atoms with Crippen LogP contribution < -0.4 is 14.2 Å². The highest BCUT2D eigenvalue weighted by atomic mass is 28.2. The quantitative estimate of drug-likeness (QED) is 0.424. The molecule has 0 fully saturated rings. The van der Waals surface area contributed by atoms with Crippen molar-refractivity contribution in [1.82, 2.24) is 0 Å². The number of nitrogens with zero attached hydrogens (tertiary/aromatic N) is 1. The first kappa shape index (κ1) is 14.3. The maximum Gasteiger partial charge on any atom is 0.282 e. The summed E-state index contributed by atoms with van der Waals surface area (Å²) in [6.07, 6.45) is 0. The third kappa shape index (κ3) is 2.54. The van der Waals surface area contributed by atoms with Crippen molar-refractivity contribution in [3.05, 3.63) is 21.7 Å². The zero-order valence-corrected chi connectivity index (χ0v) is 12.7. The lowest BCUT2D eigenvalue weighted by atomic mass is 10.1. The molecule has 0 spiro atoms. The van der Waals surface area contributed by atoms with E-state index in [0.717, 1.165) is 0 Å². The van der Waals surface area contributed by atoms with E-state index >= 15 is 0 Å². The van der Waals surface area contributed by atoms with Crippen LogP contribution in [0.4, 0.5) is 5.69 Å². The van der Waals surface area contributed by atoms with E-state index in [-0.39, 0.29) is 23.8 Å². The number of hydrogen-bond acceptors (Lipinski definition) is 6. The van der Waals surface area contributed by atoms with Crippen LogP contribution in [0.15, 0.2) is 6.07 Å². The fourth-order valence-electron chi connectivity index (χ4n) is 1.65. The van der Waals surface area contributed by atoms with E-state index in [1.54, 1.807) is 0 Å². The van der Waals surface area contributed by atoms with Gasteiger partial charge in [0.2, 0.25) is 5.75 Å². The first-order chi connectivity index (χ1) is 8.60. The van der Waals surface area contributed by atoms with E-state index in [9.17, 15) is 10.1 Å². The molecule has 1 rings (SSSR count). The maximum atomic E-state index is 11.0. The predicted octanol–water partition coefficient (Wildman–Crippen LogP) is 0.418. The molecule has 0 radical (unpaired) electrons. The molecule has 0 bridgehead atoms. The van der Waals surface area contributed by atoms with Crippen molar-refractivity contribution >= 4 is 16.2 Å². The second kappa shape index (κ2) is 6.22. The third-order valence-electron chi connectivity index (χ3n) is 2.39. The third-order valence-corrected chi connectivity index (χ3v) is 2.68. The molecule has 0 aliphatic heterocycles. The number of hydrogen-bond donors (Lipinski definition) is 0. The lowest BCUT2D eigenvalue weighted by molar-refractivity contribution is -0.386. The Kier molecular flexibility index (Phi) is 4.92. The second-order valence-electron chi connectivity index (χ2n) is 3.33. The molecule has 7 nitrogen and oxygen atoms in total. The standard InChI is InChI=1S/C10H15NO6Si/c1-14-8-4-7(11(12)13)6(5-17-18)9(15-2)10(8)16-3/h4H,5H2,1-3,18H3. The summed E-state index contributed by atoms with van der Waals surface area (Å²) in [4.78, 5) is 10.5. The molecule has 0 aliphatic rings. The highest BCUT2D eigenvalue weighted by Gasteiger charge is 2.26. The van der Waals surface area contributed by atoms with E-state index in [1.165, 1.54) is 27.4 Å². The molecule has 100 valence electrons. The Labute approximate surface area is 107 Å². The van der Waals surface area contributed by atoms with Crippen LogP contribution in [0.25, 0.3) is 0 Å². The number of benzene rings is 1. The molecule has 0 saturated carbocycles. The second-order valence-corrected chi connectivity index (χ2v) is 3.91. The van der Waals surface area contributed by atoms with Crippen molar-refractivity contribution in [2.45, 2.75) is 6.61 Å². The van der Waals surface area contributed by atoms with Crippen molar-refractivity contribution in [3.8, 4) is 17.2 Å². The lowest BCUT2D eigenvalue weighted by Crippen LogP contribution is -2.04. The monoisotopic (exact) mass is 273 g/mol. The Balaban J connectivity index is 3.57. The smallest absolute Gasteiger partial charge is 0.282 e. The SMILES string of the molecule is COc1cc([N+](=O)[O-])c(CO[SiH3])c(OC)c1OC. The van der Waals surface area contributed by atoms with Gasteiger partial charge in [0, 0.05) is 0 Å². The molecule has 0 aromatic heterocycles. The Morgan fingerprint density at radius 2 is 1.83 bits per heavy atom. The summed E-state index contributed by atoms with van der Waals surface area (Å²) in [5.41, 5.74) is 0.232. The van der Waals surface area contributed by atoms with Gasteiger partial charge in [-0.3, -0.25) is 10.1 Å². The summed E-state index contributed by atoms with van der Waals surface area (Å²) < 4.78 is 20.5. The molecule has 0 atom stereocenters. The van der Waals surface area contributed by atoms with Crippen molar-refractivity contribution in [1.29, 1.82) is 0 Å². The predicted molar refractivity (Wildman–Crippen MR) is 67.5 cm³/mol. The summed E-state index contributed by atoms with van der Waals surface area (Å²) in [5.74, 6) is 0.830. The van der Waals surface area contributed by atoms with Crippen molar-refractivity contribution < 1.29 is 23.6 Å². The molecule has 0 unspecified atom stereocenters. The average molecular weight is 273 g/mol. The normalized spacial score (nSPS) is 10.2. The number of rotatable bonds is 6. The van der Waals surface area contributed by atoms with Gasteiger partial charge in [-0.05, 0) is 0 Å². The summed E-state index contributed by atoms with van der Waals surface area (Å²) in [6, 6.07) is 1.30. The van der Waals surface area contributed by atoms with Gasteiger partial charge in [0.05, 0.1) is 38.9 Å². The minimum atomic E-state index is -0.500. The van der Waals surface area contributed by atoms with Gasteiger partial charge in [0.15, 0.2) is 11.5 Å². The molecular weight excluding hydrogens is 258 g/mol. The first-order valence-electron chi connectivity index (χ1n) is 5.05. The molecule has 0 amide bonds. The minimum absolute atomic E-state index is 0.103. The molecule has 0 heterocycles. The van der Waals surface area contributed by atoms with Crippen LogP contribution in [0.1, 0.15) is 5.56 Å². The Bertz CT molecular complexity index is 450. The van der Waals surface area contributed by atoms with Crippen LogP contribution in [0.5, 0.6) is 17.2 Å². The van der Waals surface area contributed by atoms with Gasteiger partial charge >= 0.3 is 0 Å². The molecular formula is C10H15NO6Si. The number of nitro groups is 1. The van der Waals surface area contributed by atoms with Gasteiger partial charge in [-0.1, -0.05) is 0 Å². The first-order valence-corrected chi connectivity index (χ1v) is 5.87. The van der Waals surface area contributed by atoms with Gasteiger partial charge in [-0.15, -0.1) is 0 Å². The zero-order valence-electron chi connectivity index (χ0n) is 10.7. The maximum absolute atomic E-state index is 11.0. The highest BCUT2D eigenvalue weighted by Crippen LogP contribution is 2.44. The molecule has 18 heavy (non-hydrogen) atoms. The summed E-state index contributed by atoms with van der Waals surface area (Å²) in [7, 11) is 4.73. The molecule has 0 N–H and O–H groups in total. The average Bonchev–Trinajstić information content (AvgIpc) is 2.37. The number of ether oxygens (including phenoxy) is 3. The Hall–Kier alpha value is -1.80. The minimum Gasteiger partial charge on any atom is -0.492 e. The van der Waals surface area contributed by atoms with E-state index in [4.69, 9.17) is 18.6 Å². The van der Waals surface area contributed by atoms with Crippen molar-refractivity contribution in [3.63, 3.8) is 0 Å². The number of nitro benzene ring substituents is 1. The van der Waals surface area contributed by atoms with E-state index in [2.05, 4.69) is 0 Å². The van der Waals surface area contributed by atoms with Crippen molar-refractivity contribution in [2.24, 2.45) is 0 Å². The van der Waals surface area contributed by atoms with Gasteiger partial charge in [0.25, 0.3) is 5.69 Å². The van der Waals surface area contributed by atoms with E-state index in [1.807, 2.05) is 0 Å². The van der Waals surface area contributed by atoms with Crippen LogP contribution in [-0.4, -0.2) is 36.7 Å². The number of methoxy groups -OCH3 is 3. The Morgan fingerprint density at radius 3 is 2.22 bits per heavy atom. The lowest BCUT2D eigenvalue weighted by Gasteiger charge is -2.15. The summed E-state index contributed by atoms with van der Waals surface area (Å²) >= 11 is 0. The summed E-state index contributed by atoms with van der Waals surface area (Å²) in [5, 5.41) is 11.0. The molecule has 0 saturated heterocycles. The zero-order chi connectivity index (χ0) is 13.7. The fraction of sp³-hybridized carbons (Fsp3) is 0.400. The van der Waals surface area contributed by atoms with Crippen LogP contribution in [0, 0.1) is 10.1 Å². The van der Waals surface area contributed by atoms with Crippen LogP contribution in [-0.2, 0) is 11.0 Å².